The van der Waals surface area contributed by atoms with Gasteiger partial charge in [-0.25, -0.2) is 8.42 Å². The largest absolute Gasteiger partial charge is 0.341 e. The van der Waals surface area contributed by atoms with E-state index in [-0.39, 0.29) is 15.5 Å². The van der Waals surface area contributed by atoms with Gasteiger partial charge in [-0.1, -0.05) is 79.0 Å². The van der Waals surface area contributed by atoms with Gasteiger partial charge in [0, 0.05) is 13.1 Å². The van der Waals surface area contributed by atoms with Gasteiger partial charge >= 0.3 is 0 Å². The Morgan fingerprint density at radius 2 is 1.56 bits per heavy atom. The number of nitrogens with one attached hydrogen (secondary N) is 1. The van der Waals surface area contributed by atoms with E-state index in [1.165, 1.54) is 22.5 Å². The van der Waals surface area contributed by atoms with Crippen LogP contribution < -0.4 is 5.32 Å². The van der Waals surface area contributed by atoms with Crippen LogP contribution in [0.15, 0.2) is 77.7 Å². The van der Waals surface area contributed by atoms with Crippen LogP contribution in [0.25, 0.3) is 0 Å². The predicted molar refractivity (Wildman–Crippen MR) is 136 cm³/mol. The molecule has 1 atom stereocenters. The molecule has 7 heteroatoms. The lowest BCUT2D eigenvalue weighted by molar-refractivity contribution is 0.0943. The summed E-state index contributed by atoms with van der Waals surface area (Å²) in [6.45, 7) is 2.99. The summed E-state index contributed by atoms with van der Waals surface area (Å²) in [5, 5.41) is 3.30. The first kappa shape index (κ1) is 24.5. The highest BCUT2D eigenvalue weighted by molar-refractivity contribution is 7.89. The third-order valence-electron chi connectivity index (χ3n) is 6.29. The van der Waals surface area contributed by atoms with Crippen LogP contribution in [-0.4, -0.2) is 31.7 Å². The van der Waals surface area contributed by atoms with E-state index < -0.39 is 22.0 Å². The van der Waals surface area contributed by atoms with E-state index in [2.05, 4.69) is 5.32 Å². The van der Waals surface area contributed by atoms with E-state index in [4.69, 9.17) is 11.6 Å². The van der Waals surface area contributed by atoms with Gasteiger partial charge in [0.2, 0.25) is 10.0 Å². The molecule has 3 aromatic carbocycles. The van der Waals surface area contributed by atoms with Crippen molar-refractivity contribution in [2.45, 2.75) is 43.5 Å². The highest BCUT2D eigenvalue weighted by Gasteiger charge is 2.27. The number of sulfonamides is 1. The summed E-state index contributed by atoms with van der Waals surface area (Å²) in [5.74, 6) is -0.421. The third-order valence-corrected chi connectivity index (χ3v) is 8.52. The second-order valence-electron chi connectivity index (χ2n) is 8.63. The third kappa shape index (κ3) is 5.35. The van der Waals surface area contributed by atoms with Crippen molar-refractivity contribution in [1.82, 2.24) is 9.62 Å². The summed E-state index contributed by atoms with van der Waals surface area (Å²) in [6.07, 6.45) is 3.74. The topological polar surface area (TPSA) is 66.5 Å². The molecule has 0 radical (unpaired) electrons. The zero-order valence-electron chi connectivity index (χ0n) is 19.2. The normalized spacial score (nSPS) is 15.9. The zero-order chi connectivity index (χ0) is 24.1. The molecule has 1 aliphatic rings. The van der Waals surface area contributed by atoms with Crippen LogP contribution >= 0.6 is 11.6 Å². The molecule has 1 heterocycles. The molecule has 1 saturated heterocycles. The van der Waals surface area contributed by atoms with Crippen LogP contribution in [0.3, 0.4) is 0 Å². The molecule has 0 saturated carbocycles. The Hall–Kier alpha value is -2.67. The van der Waals surface area contributed by atoms with Crippen molar-refractivity contribution in [2.75, 3.05) is 13.1 Å². The standard InChI is InChI=1S/C27H29ClN2O3S/c1-20-11-7-8-14-23(20)26(21-12-5-4-6-13-21)29-27(31)24-19-22(15-16-25(24)28)34(32,33)30-17-9-2-3-10-18-30/h4-8,11-16,19,26H,2-3,9-10,17-18H2,1H3,(H,29,31)/t26-/m1/s1. The number of carbonyl (C=O) groups is 1. The molecule has 5 nitrogen and oxygen atoms in total. The lowest BCUT2D eigenvalue weighted by Gasteiger charge is -2.23. The summed E-state index contributed by atoms with van der Waals surface area (Å²) in [5.41, 5.74) is 3.08. The maximum atomic E-state index is 13.4. The van der Waals surface area contributed by atoms with Crippen LogP contribution in [0.1, 0.15) is 58.8 Å². The molecule has 3 aromatic rings. The Bertz CT molecular complexity index is 1250. The molecule has 1 fully saturated rings. The van der Waals surface area contributed by atoms with E-state index in [1.807, 2.05) is 61.5 Å². The number of aryl methyl sites for hydroxylation is 1. The Balaban J connectivity index is 1.67. The van der Waals surface area contributed by atoms with Crippen LogP contribution in [0.2, 0.25) is 5.02 Å². The van der Waals surface area contributed by atoms with E-state index in [1.54, 1.807) is 0 Å². The van der Waals surface area contributed by atoms with Gasteiger partial charge in [-0.05, 0) is 54.7 Å². The maximum absolute atomic E-state index is 13.4. The zero-order valence-corrected chi connectivity index (χ0v) is 20.8. The smallest absolute Gasteiger partial charge is 0.253 e. The van der Waals surface area contributed by atoms with Crippen molar-refractivity contribution in [2.24, 2.45) is 0 Å². The van der Waals surface area contributed by atoms with Gasteiger partial charge in [-0.15, -0.1) is 0 Å². The molecule has 0 bridgehead atoms. The second-order valence-corrected chi connectivity index (χ2v) is 11.0. The first-order valence-corrected chi connectivity index (χ1v) is 13.4. The van der Waals surface area contributed by atoms with Gasteiger partial charge in [0.15, 0.2) is 0 Å². The first-order valence-electron chi connectivity index (χ1n) is 11.6. The van der Waals surface area contributed by atoms with Crippen LogP contribution in [-0.2, 0) is 10.0 Å². The Morgan fingerprint density at radius 3 is 2.24 bits per heavy atom. The van der Waals surface area contributed by atoms with E-state index >= 15 is 0 Å². The maximum Gasteiger partial charge on any atom is 0.253 e. The molecule has 0 aliphatic carbocycles. The molecule has 4 rings (SSSR count). The van der Waals surface area contributed by atoms with Crippen molar-refractivity contribution in [1.29, 1.82) is 0 Å². The Morgan fingerprint density at radius 1 is 0.912 bits per heavy atom. The van der Waals surface area contributed by atoms with E-state index in [0.717, 1.165) is 42.4 Å². The number of hydrogen-bond acceptors (Lipinski definition) is 3. The monoisotopic (exact) mass is 496 g/mol. The van der Waals surface area contributed by atoms with Gasteiger partial charge in [0.25, 0.3) is 5.91 Å². The highest BCUT2D eigenvalue weighted by atomic mass is 35.5. The predicted octanol–water partition coefficient (Wildman–Crippen LogP) is 5.73. The Kier molecular flexibility index (Phi) is 7.71. The van der Waals surface area contributed by atoms with Crippen molar-refractivity contribution < 1.29 is 13.2 Å². The number of amides is 1. The SMILES string of the molecule is Cc1ccccc1[C@H](NC(=O)c1cc(S(=O)(=O)N2CCCCCC2)ccc1Cl)c1ccccc1. The molecule has 0 spiro atoms. The summed E-state index contributed by atoms with van der Waals surface area (Å²) in [7, 11) is -3.70. The Labute approximate surface area is 206 Å². The summed E-state index contributed by atoms with van der Waals surface area (Å²) in [4.78, 5) is 13.5. The summed E-state index contributed by atoms with van der Waals surface area (Å²) >= 11 is 6.39. The molecule has 34 heavy (non-hydrogen) atoms. The van der Waals surface area contributed by atoms with Gasteiger partial charge in [0.05, 0.1) is 21.5 Å². The number of carbonyl (C=O) groups excluding carboxylic acids is 1. The molecular weight excluding hydrogens is 468 g/mol. The number of hydrogen-bond donors (Lipinski definition) is 1. The lowest BCUT2D eigenvalue weighted by atomic mass is 9.94. The van der Waals surface area contributed by atoms with E-state index in [9.17, 15) is 13.2 Å². The molecular formula is C27H29ClN2O3S. The molecule has 178 valence electrons. The molecule has 1 amide bonds. The van der Waals surface area contributed by atoms with Crippen molar-refractivity contribution in [3.8, 4) is 0 Å². The minimum absolute atomic E-state index is 0.0936. The minimum Gasteiger partial charge on any atom is -0.341 e. The molecule has 1 N–H and O–H groups in total. The van der Waals surface area contributed by atoms with Gasteiger partial charge in [-0.3, -0.25) is 4.79 Å². The quantitative estimate of drug-likeness (QED) is 0.473. The fourth-order valence-electron chi connectivity index (χ4n) is 4.38. The fraction of sp³-hybridized carbons (Fsp3) is 0.296. The van der Waals surface area contributed by atoms with Crippen molar-refractivity contribution in [3.05, 3.63) is 100 Å². The molecule has 1 aliphatic heterocycles. The first-order chi connectivity index (χ1) is 16.4. The average Bonchev–Trinajstić information content (AvgIpc) is 3.14. The van der Waals surface area contributed by atoms with Gasteiger partial charge in [-0.2, -0.15) is 4.31 Å². The van der Waals surface area contributed by atoms with Crippen molar-refractivity contribution in [3.63, 3.8) is 0 Å². The van der Waals surface area contributed by atoms with Crippen LogP contribution in [0.4, 0.5) is 0 Å². The number of benzene rings is 3. The minimum atomic E-state index is -3.70. The molecule has 0 unspecified atom stereocenters. The summed E-state index contributed by atoms with van der Waals surface area (Å²) in [6, 6.07) is 21.5. The van der Waals surface area contributed by atoms with Crippen molar-refractivity contribution >= 4 is 27.5 Å². The number of halogens is 1. The van der Waals surface area contributed by atoms with Crippen LogP contribution in [0, 0.1) is 6.92 Å². The number of nitrogens with zero attached hydrogens (tertiary/aromatic N) is 1. The number of rotatable bonds is 6. The fourth-order valence-corrected chi connectivity index (χ4v) is 6.12. The van der Waals surface area contributed by atoms with E-state index in [0.29, 0.717) is 13.1 Å². The van der Waals surface area contributed by atoms with Crippen LogP contribution in [0.5, 0.6) is 0 Å². The summed E-state index contributed by atoms with van der Waals surface area (Å²) < 4.78 is 28.1. The highest BCUT2D eigenvalue weighted by Crippen LogP contribution is 2.28. The van der Waals surface area contributed by atoms with Gasteiger partial charge < -0.3 is 5.32 Å². The lowest BCUT2D eigenvalue weighted by Crippen LogP contribution is -2.33. The second kappa shape index (κ2) is 10.7. The average molecular weight is 497 g/mol. The van der Waals surface area contributed by atoms with Gasteiger partial charge in [0.1, 0.15) is 0 Å². The molecule has 0 aromatic heterocycles.